The fourth-order valence-electron chi connectivity index (χ4n) is 2.30. The van der Waals surface area contributed by atoms with Crippen molar-refractivity contribution >= 4 is 5.91 Å². The first-order valence-electron chi connectivity index (χ1n) is 6.77. The number of carbonyl (C=O) groups is 1. The Morgan fingerprint density at radius 2 is 2.16 bits per heavy atom. The van der Waals surface area contributed by atoms with Gasteiger partial charge in [-0.05, 0) is 19.9 Å². The summed E-state index contributed by atoms with van der Waals surface area (Å²) in [6.07, 6.45) is 3.68. The lowest BCUT2D eigenvalue weighted by Crippen LogP contribution is -2.51. The zero-order valence-corrected chi connectivity index (χ0v) is 11.6. The first kappa shape index (κ1) is 14.0. The van der Waals surface area contributed by atoms with Crippen LogP contribution in [0.25, 0.3) is 0 Å². The smallest absolute Gasteiger partial charge is 0.239 e. The highest BCUT2D eigenvalue weighted by Gasteiger charge is 2.23. The van der Waals surface area contributed by atoms with Gasteiger partial charge in [-0.2, -0.15) is 5.10 Å². The maximum atomic E-state index is 12.2. The summed E-state index contributed by atoms with van der Waals surface area (Å²) in [6, 6.07) is 1.92. The molecule has 19 heavy (non-hydrogen) atoms. The number of aromatic nitrogens is 2. The summed E-state index contributed by atoms with van der Waals surface area (Å²) in [6.45, 7) is 7.40. The molecule has 0 aromatic carbocycles. The Hall–Kier alpha value is -1.40. The quantitative estimate of drug-likeness (QED) is 0.822. The summed E-state index contributed by atoms with van der Waals surface area (Å²) < 4.78 is 7.12. The summed E-state index contributed by atoms with van der Waals surface area (Å²) in [5, 5.41) is 7.49. The van der Waals surface area contributed by atoms with Gasteiger partial charge in [-0.3, -0.25) is 9.48 Å². The van der Waals surface area contributed by atoms with Crippen molar-refractivity contribution in [2.45, 2.75) is 32.5 Å². The first-order chi connectivity index (χ1) is 9.16. The van der Waals surface area contributed by atoms with E-state index in [9.17, 15) is 4.79 Å². The Labute approximate surface area is 113 Å². The summed E-state index contributed by atoms with van der Waals surface area (Å²) >= 11 is 0. The van der Waals surface area contributed by atoms with Gasteiger partial charge in [0.1, 0.15) is 0 Å². The van der Waals surface area contributed by atoms with E-state index in [2.05, 4.69) is 17.3 Å². The predicted octanol–water partition coefficient (Wildman–Crippen LogP) is 0.109. The molecular formula is C13H22N4O2. The molecule has 0 spiro atoms. The van der Waals surface area contributed by atoms with E-state index in [0.717, 1.165) is 6.54 Å². The van der Waals surface area contributed by atoms with Gasteiger partial charge >= 0.3 is 0 Å². The minimum atomic E-state index is -0.177. The number of carbonyl (C=O) groups excluding carboxylic acids is 1. The zero-order valence-electron chi connectivity index (χ0n) is 11.6. The van der Waals surface area contributed by atoms with E-state index in [0.29, 0.717) is 26.3 Å². The molecule has 0 radical (unpaired) electrons. The van der Waals surface area contributed by atoms with Crippen LogP contribution in [-0.2, 0) is 16.1 Å². The Balaban J connectivity index is 1.78. The maximum absolute atomic E-state index is 12.2. The molecule has 0 saturated carbocycles. The topological polar surface area (TPSA) is 59.4 Å². The standard InChI is InChI=1S/C13H22N4O2/c1-11(10-17-5-3-4-14-17)15-12(2)13(18)16-6-8-19-9-7-16/h3-5,11-12,15H,6-10H2,1-2H3/t11-,12+/m1/s1. The SMILES string of the molecule is C[C@H](Cn1cccn1)N[C@@H](C)C(=O)N1CCOCC1. The fraction of sp³-hybridized carbons (Fsp3) is 0.692. The number of hydrogen-bond acceptors (Lipinski definition) is 4. The van der Waals surface area contributed by atoms with Crippen molar-refractivity contribution in [1.29, 1.82) is 0 Å². The van der Waals surface area contributed by atoms with Crippen molar-refractivity contribution in [2.24, 2.45) is 0 Å². The molecule has 6 heteroatoms. The van der Waals surface area contributed by atoms with E-state index < -0.39 is 0 Å². The number of nitrogens with zero attached hydrogens (tertiary/aromatic N) is 3. The van der Waals surface area contributed by atoms with Gasteiger partial charge in [0.15, 0.2) is 0 Å². The van der Waals surface area contributed by atoms with Crippen molar-refractivity contribution in [2.75, 3.05) is 26.3 Å². The molecule has 1 aromatic rings. The molecule has 2 rings (SSSR count). The number of rotatable bonds is 5. The Bertz CT molecular complexity index is 387. The van der Waals surface area contributed by atoms with Crippen molar-refractivity contribution < 1.29 is 9.53 Å². The highest BCUT2D eigenvalue weighted by atomic mass is 16.5. The molecule has 1 aliphatic heterocycles. The zero-order chi connectivity index (χ0) is 13.7. The van der Waals surface area contributed by atoms with Gasteiger partial charge in [-0.1, -0.05) is 0 Å². The fourth-order valence-corrected chi connectivity index (χ4v) is 2.30. The molecule has 1 N–H and O–H groups in total. The molecule has 2 heterocycles. The molecule has 6 nitrogen and oxygen atoms in total. The van der Waals surface area contributed by atoms with E-state index >= 15 is 0 Å². The van der Waals surface area contributed by atoms with Crippen LogP contribution in [0.3, 0.4) is 0 Å². The van der Waals surface area contributed by atoms with Crippen molar-refractivity contribution in [3.05, 3.63) is 18.5 Å². The molecule has 0 bridgehead atoms. The molecule has 1 aromatic heterocycles. The minimum Gasteiger partial charge on any atom is -0.378 e. The molecule has 1 saturated heterocycles. The average Bonchev–Trinajstić information content (AvgIpc) is 2.91. The summed E-state index contributed by atoms with van der Waals surface area (Å²) in [5.74, 6) is 0.149. The van der Waals surface area contributed by atoms with Crippen LogP contribution in [0.5, 0.6) is 0 Å². The van der Waals surface area contributed by atoms with Crippen LogP contribution >= 0.6 is 0 Å². The van der Waals surface area contributed by atoms with Crippen LogP contribution in [0, 0.1) is 0 Å². The lowest BCUT2D eigenvalue weighted by molar-refractivity contribution is -0.137. The minimum absolute atomic E-state index is 0.149. The van der Waals surface area contributed by atoms with E-state index in [1.165, 1.54) is 0 Å². The van der Waals surface area contributed by atoms with Gasteiger partial charge in [0.25, 0.3) is 0 Å². The summed E-state index contributed by atoms with van der Waals surface area (Å²) in [5.41, 5.74) is 0. The molecule has 1 amide bonds. The van der Waals surface area contributed by atoms with Gasteiger partial charge < -0.3 is 15.0 Å². The Kier molecular flexibility index (Phi) is 4.93. The number of ether oxygens (including phenoxy) is 1. The Morgan fingerprint density at radius 1 is 1.42 bits per heavy atom. The second-order valence-corrected chi connectivity index (χ2v) is 4.96. The van der Waals surface area contributed by atoms with Gasteiger partial charge in [-0.15, -0.1) is 0 Å². The van der Waals surface area contributed by atoms with Crippen molar-refractivity contribution in [3.8, 4) is 0 Å². The molecule has 1 aliphatic rings. The van der Waals surface area contributed by atoms with Gasteiger partial charge in [0.05, 0.1) is 25.8 Å². The van der Waals surface area contributed by atoms with Crippen LogP contribution in [0.15, 0.2) is 18.5 Å². The largest absolute Gasteiger partial charge is 0.378 e. The van der Waals surface area contributed by atoms with Crippen LogP contribution < -0.4 is 5.32 Å². The number of morpholine rings is 1. The van der Waals surface area contributed by atoms with E-state index in [1.54, 1.807) is 6.20 Å². The van der Waals surface area contributed by atoms with Crippen LogP contribution in [0.1, 0.15) is 13.8 Å². The molecular weight excluding hydrogens is 244 g/mol. The summed E-state index contributed by atoms with van der Waals surface area (Å²) in [7, 11) is 0. The van der Waals surface area contributed by atoms with Gasteiger partial charge in [-0.25, -0.2) is 0 Å². The molecule has 0 unspecified atom stereocenters. The lowest BCUT2D eigenvalue weighted by atomic mass is 10.2. The highest BCUT2D eigenvalue weighted by Crippen LogP contribution is 2.02. The third-order valence-electron chi connectivity index (χ3n) is 3.25. The normalized spacial score (nSPS) is 19.2. The monoisotopic (exact) mass is 266 g/mol. The highest BCUT2D eigenvalue weighted by molar-refractivity contribution is 5.81. The number of nitrogens with one attached hydrogen (secondary N) is 1. The number of hydrogen-bond donors (Lipinski definition) is 1. The average molecular weight is 266 g/mol. The maximum Gasteiger partial charge on any atom is 0.239 e. The van der Waals surface area contributed by atoms with Crippen LogP contribution in [0.2, 0.25) is 0 Å². The third kappa shape index (κ3) is 4.04. The molecule has 0 aliphatic carbocycles. The first-order valence-corrected chi connectivity index (χ1v) is 6.77. The molecule has 1 fully saturated rings. The lowest BCUT2D eigenvalue weighted by Gasteiger charge is -2.30. The predicted molar refractivity (Wildman–Crippen MR) is 71.7 cm³/mol. The van der Waals surface area contributed by atoms with Crippen LogP contribution in [-0.4, -0.2) is 59.0 Å². The van der Waals surface area contributed by atoms with Gasteiger partial charge in [0, 0.05) is 31.5 Å². The molecule has 106 valence electrons. The van der Waals surface area contributed by atoms with E-state index in [-0.39, 0.29) is 18.0 Å². The van der Waals surface area contributed by atoms with Crippen molar-refractivity contribution in [3.63, 3.8) is 0 Å². The van der Waals surface area contributed by atoms with Gasteiger partial charge in [0.2, 0.25) is 5.91 Å². The van der Waals surface area contributed by atoms with Crippen molar-refractivity contribution in [1.82, 2.24) is 20.0 Å². The van der Waals surface area contributed by atoms with E-state index in [4.69, 9.17) is 4.74 Å². The number of amides is 1. The molecule has 2 atom stereocenters. The van der Waals surface area contributed by atoms with Crippen LogP contribution in [0.4, 0.5) is 0 Å². The third-order valence-corrected chi connectivity index (χ3v) is 3.25. The Morgan fingerprint density at radius 3 is 2.79 bits per heavy atom. The second kappa shape index (κ2) is 6.68. The summed E-state index contributed by atoms with van der Waals surface area (Å²) in [4.78, 5) is 14.1. The second-order valence-electron chi connectivity index (χ2n) is 4.96. The van der Waals surface area contributed by atoms with E-state index in [1.807, 2.05) is 28.8 Å².